The molecular weight excluding hydrogens is 366 g/mol. The summed E-state index contributed by atoms with van der Waals surface area (Å²) >= 11 is 3.23. The Balaban J connectivity index is 1.56. The number of nitrogens with zero attached hydrogens (tertiary/aromatic N) is 5. The summed E-state index contributed by atoms with van der Waals surface area (Å²) in [6.45, 7) is 4.93. The van der Waals surface area contributed by atoms with E-state index in [4.69, 9.17) is 4.42 Å². The molecule has 0 saturated carbocycles. The zero-order valence-corrected chi connectivity index (χ0v) is 16.0. The molecule has 0 aliphatic carbocycles. The van der Waals surface area contributed by atoms with Crippen LogP contribution in [0.2, 0.25) is 0 Å². The van der Waals surface area contributed by atoms with Gasteiger partial charge in [-0.05, 0) is 37.4 Å². The molecule has 4 aromatic rings. The lowest BCUT2D eigenvalue weighted by Gasteiger charge is -2.08. The van der Waals surface area contributed by atoms with Crippen molar-refractivity contribution in [2.75, 3.05) is 0 Å². The zero-order chi connectivity index (χ0) is 17.9. The molecule has 0 aliphatic heterocycles. The lowest BCUT2D eigenvalue weighted by Crippen LogP contribution is -2.00. The van der Waals surface area contributed by atoms with Crippen LogP contribution >= 0.6 is 23.1 Å². The minimum Gasteiger partial charge on any atom is -0.419 e. The summed E-state index contributed by atoms with van der Waals surface area (Å²) in [4.78, 5) is 1.11. The van der Waals surface area contributed by atoms with Gasteiger partial charge in [0.1, 0.15) is 0 Å². The zero-order valence-electron chi connectivity index (χ0n) is 14.4. The minimum atomic E-state index is -0.0225. The van der Waals surface area contributed by atoms with Crippen LogP contribution in [0.1, 0.15) is 25.0 Å². The van der Waals surface area contributed by atoms with Crippen molar-refractivity contribution in [1.82, 2.24) is 25.0 Å². The Kier molecular flexibility index (Phi) is 4.85. The molecule has 4 rings (SSSR count). The van der Waals surface area contributed by atoms with Gasteiger partial charge in [0.25, 0.3) is 0 Å². The third kappa shape index (κ3) is 3.30. The van der Waals surface area contributed by atoms with Gasteiger partial charge in [0.15, 0.2) is 11.0 Å². The van der Waals surface area contributed by atoms with E-state index in [1.54, 1.807) is 23.1 Å². The first-order valence-electron chi connectivity index (χ1n) is 8.28. The van der Waals surface area contributed by atoms with Gasteiger partial charge in [-0.3, -0.25) is 0 Å². The Morgan fingerprint density at radius 3 is 2.65 bits per heavy atom. The van der Waals surface area contributed by atoms with Crippen LogP contribution in [0.4, 0.5) is 0 Å². The van der Waals surface area contributed by atoms with Crippen LogP contribution in [0.3, 0.4) is 0 Å². The average molecular weight is 384 g/mol. The largest absolute Gasteiger partial charge is 0.419 e. The van der Waals surface area contributed by atoms with Crippen LogP contribution in [0.15, 0.2) is 57.4 Å². The van der Waals surface area contributed by atoms with Crippen molar-refractivity contribution in [3.63, 3.8) is 0 Å². The van der Waals surface area contributed by atoms with Gasteiger partial charge in [0, 0.05) is 12.1 Å². The highest BCUT2D eigenvalue weighted by atomic mass is 32.2. The molecule has 1 unspecified atom stereocenters. The van der Waals surface area contributed by atoms with E-state index in [1.807, 2.05) is 48.7 Å². The van der Waals surface area contributed by atoms with Crippen molar-refractivity contribution in [2.24, 2.45) is 0 Å². The van der Waals surface area contributed by atoms with Crippen molar-refractivity contribution >= 4 is 23.1 Å². The maximum Gasteiger partial charge on any atom is 0.247 e. The van der Waals surface area contributed by atoms with Gasteiger partial charge in [0.2, 0.25) is 11.8 Å². The second-order valence-corrected chi connectivity index (χ2v) is 7.85. The summed E-state index contributed by atoms with van der Waals surface area (Å²) in [5.41, 5.74) is 0.917. The van der Waals surface area contributed by atoms with E-state index in [9.17, 15) is 0 Å². The van der Waals surface area contributed by atoms with Gasteiger partial charge >= 0.3 is 0 Å². The number of rotatable bonds is 6. The number of thioether (sulfide) groups is 1. The number of hydrogen-bond acceptors (Lipinski definition) is 7. The van der Waals surface area contributed by atoms with E-state index < -0.39 is 0 Å². The fourth-order valence-electron chi connectivity index (χ4n) is 2.55. The summed E-state index contributed by atoms with van der Waals surface area (Å²) in [6, 6.07) is 13.9. The average Bonchev–Trinajstić information content (AvgIpc) is 3.42. The Morgan fingerprint density at radius 2 is 1.92 bits per heavy atom. The molecule has 0 bridgehead atoms. The maximum atomic E-state index is 5.86. The van der Waals surface area contributed by atoms with Gasteiger partial charge in [-0.25, -0.2) is 0 Å². The fraction of sp³-hybridized carbons (Fsp3) is 0.222. The van der Waals surface area contributed by atoms with Crippen molar-refractivity contribution in [3.05, 3.63) is 53.7 Å². The summed E-state index contributed by atoms with van der Waals surface area (Å²) in [5.74, 6) is 2.01. The molecular formula is C18H17N5OS2. The number of thiophene rings is 1. The molecule has 3 heterocycles. The van der Waals surface area contributed by atoms with Crippen LogP contribution in [-0.2, 0) is 6.54 Å². The van der Waals surface area contributed by atoms with E-state index in [1.165, 1.54) is 0 Å². The van der Waals surface area contributed by atoms with Crippen LogP contribution < -0.4 is 0 Å². The van der Waals surface area contributed by atoms with E-state index in [2.05, 4.69) is 38.0 Å². The Morgan fingerprint density at radius 1 is 1.08 bits per heavy atom. The highest BCUT2D eigenvalue weighted by molar-refractivity contribution is 7.99. The molecule has 132 valence electrons. The van der Waals surface area contributed by atoms with E-state index >= 15 is 0 Å². The van der Waals surface area contributed by atoms with Gasteiger partial charge in [-0.2, -0.15) is 0 Å². The van der Waals surface area contributed by atoms with Crippen molar-refractivity contribution < 1.29 is 4.42 Å². The van der Waals surface area contributed by atoms with Gasteiger partial charge in [-0.15, -0.1) is 31.7 Å². The van der Waals surface area contributed by atoms with Crippen LogP contribution in [0.5, 0.6) is 0 Å². The topological polar surface area (TPSA) is 69.6 Å². The first kappa shape index (κ1) is 17.0. The summed E-state index contributed by atoms with van der Waals surface area (Å²) in [5, 5.41) is 20.0. The molecule has 1 atom stereocenters. The molecule has 0 saturated heterocycles. The molecule has 0 N–H and O–H groups in total. The monoisotopic (exact) mass is 383 g/mol. The highest BCUT2D eigenvalue weighted by Crippen LogP contribution is 2.36. The molecule has 1 aromatic carbocycles. The number of benzene rings is 1. The maximum absolute atomic E-state index is 5.86. The Labute approximate surface area is 159 Å². The highest BCUT2D eigenvalue weighted by Gasteiger charge is 2.21. The number of hydrogen-bond donors (Lipinski definition) is 0. The first-order chi connectivity index (χ1) is 12.8. The molecule has 6 nitrogen and oxygen atoms in total. The third-order valence-electron chi connectivity index (χ3n) is 3.87. The quantitative estimate of drug-likeness (QED) is 0.440. The SMILES string of the molecule is CCn1c(SC(C)c2nnc(-c3ccccc3)o2)nnc1-c1cccs1. The standard InChI is InChI=1S/C18H17N5OS2/c1-3-23-15(14-10-7-11-25-14)19-22-18(23)26-12(2)16-20-21-17(24-16)13-8-5-4-6-9-13/h4-12H,3H2,1-2H3. The van der Waals surface area contributed by atoms with Crippen molar-refractivity contribution in [3.8, 4) is 22.2 Å². The van der Waals surface area contributed by atoms with Crippen LogP contribution in [-0.4, -0.2) is 25.0 Å². The minimum absolute atomic E-state index is 0.0225. The van der Waals surface area contributed by atoms with Crippen molar-refractivity contribution in [2.45, 2.75) is 30.8 Å². The molecule has 26 heavy (non-hydrogen) atoms. The second kappa shape index (κ2) is 7.43. The predicted octanol–water partition coefficient (Wildman–Crippen LogP) is 4.93. The van der Waals surface area contributed by atoms with E-state index in [0.717, 1.165) is 28.0 Å². The summed E-state index contributed by atoms with van der Waals surface area (Å²) < 4.78 is 7.97. The molecule has 8 heteroatoms. The lowest BCUT2D eigenvalue weighted by atomic mass is 10.2. The lowest BCUT2D eigenvalue weighted by molar-refractivity contribution is 0.508. The van der Waals surface area contributed by atoms with Gasteiger partial charge < -0.3 is 8.98 Å². The normalized spacial score (nSPS) is 12.4. The Hall–Kier alpha value is -2.45. The molecule has 0 spiro atoms. The second-order valence-electron chi connectivity index (χ2n) is 5.60. The van der Waals surface area contributed by atoms with Crippen LogP contribution in [0.25, 0.3) is 22.2 Å². The smallest absolute Gasteiger partial charge is 0.247 e. The van der Waals surface area contributed by atoms with E-state index in [-0.39, 0.29) is 5.25 Å². The van der Waals surface area contributed by atoms with Crippen LogP contribution in [0, 0.1) is 0 Å². The van der Waals surface area contributed by atoms with Gasteiger partial charge in [-0.1, -0.05) is 36.0 Å². The van der Waals surface area contributed by atoms with Crippen molar-refractivity contribution in [1.29, 1.82) is 0 Å². The van der Waals surface area contributed by atoms with Gasteiger partial charge in [0.05, 0.1) is 10.1 Å². The Bertz CT molecular complexity index is 978. The molecule has 0 aliphatic rings. The third-order valence-corrected chi connectivity index (χ3v) is 5.80. The first-order valence-corrected chi connectivity index (χ1v) is 10.0. The molecule has 0 amide bonds. The predicted molar refractivity (Wildman–Crippen MR) is 103 cm³/mol. The van der Waals surface area contributed by atoms with E-state index in [0.29, 0.717) is 11.8 Å². The summed E-state index contributed by atoms with van der Waals surface area (Å²) in [7, 11) is 0. The summed E-state index contributed by atoms with van der Waals surface area (Å²) in [6.07, 6.45) is 0. The fourth-order valence-corrected chi connectivity index (χ4v) is 4.21. The molecule has 0 radical (unpaired) electrons. The molecule has 0 fully saturated rings. The number of aromatic nitrogens is 5. The molecule has 3 aromatic heterocycles.